The van der Waals surface area contributed by atoms with E-state index in [1.165, 1.54) is 0 Å². The first kappa shape index (κ1) is 16.2. The molecular formula is C13H21N3O4. The van der Waals surface area contributed by atoms with Gasteiger partial charge in [0.05, 0.1) is 12.3 Å². The Bertz CT molecular complexity index is 456. The molecule has 20 heavy (non-hydrogen) atoms. The van der Waals surface area contributed by atoms with Crippen LogP contribution in [0, 0.1) is 5.92 Å². The molecule has 0 unspecified atom stereocenters. The predicted molar refractivity (Wildman–Crippen MR) is 71.9 cm³/mol. The number of aliphatic carboxylic acids is 1. The number of rotatable bonds is 8. The quantitative estimate of drug-likeness (QED) is 0.727. The van der Waals surface area contributed by atoms with Gasteiger partial charge >= 0.3 is 5.97 Å². The van der Waals surface area contributed by atoms with Crippen molar-refractivity contribution < 1.29 is 19.4 Å². The van der Waals surface area contributed by atoms with E-state index in [9.17, 15) is 9.59 Å². The lowest BCUT2D eigenvalue weighted by atomic mass is 10.0. The summed E-state index contributed by atoms with van der Waals surface area (Å²) < 4.78 is 6.89. The van der Waals surface area contributed by atoms with E-state index in [2.05, 4.69) is 10.4 Å². The molecular weight excluding hydrogens is 262 g/mol. The molecule has 0 aliphatic carbocycles. The van der Waals surface area contributed by atoms with E-state index in [0.29, 0.717) is 6.42 Å². The largest absolute Gasteiger partial charge is 0.480 e. The van der Waals surface area contributed by atoms with Crippen LogP contribution in [0.1, 0.15) is 26.0 Å². The van der Waals surface area contributed by atoms with E-state index in [1.54, 1.807) is 24.0 Å². The third-order valence-electron chi connectivity index (χ3n) is 2.75. The van der Waals surface area contributed by atoms with Gasteiger partial charge in [-0.25, -0.2) is 4.79 Å². The molecule has 0 aliphatic rings. The van der Waals surface area contributed by atoms with Gasteiger partial charge in [0.15, 0.2) is 0 Å². The molecule has 7 nitrogen and oxygen atoms in total. The number of hydrogen-bond donors (Lipinski definition) is 2. The highest BCUT2D eigenvalue weighted by Gasteiger charge is 2.20. The second-order valence-electron chi connectivity index (χ2n) is 5.03. The molecule has 0 fully saturated rings. The van der Waals surface area contributed by atoms with Gasteiger partial charge in [0.2, 0.25) is 5.91 Å². The number of nitrogens with zero attached hydrogens (tertiary/aromatic N) is 2. The zero-order valence-corrected chi connectivity index (χ0v) is 12.0. The van der Waals surface area contributed by atoms with Gasteiger partial charge in [-0.3, -0.25) is 9.48 Å². The smallest absolute Gasteiger partial charge is 0.326 e. The monoisotopic (exact) mass is 283 g/mol. The summed E-state index contributed by atoms with van der Waals surface area (Å²) in [7, 11) is 1.78. The second-order valence-corrected chi connectivity index (χ2v) is 5.03. The van der Waals surface area contributed by atoms with Crippen LogP contribution in [0.25, 0.3) is 0 Å². The minimum atomic E-state index is -1.03. The van der Waals surface area contributed by atoms with Crippen molar-refractivity contribution >= 4 is 11.9 Å². The Balaban J connectivity index is 2.35. The van der Waals surface area contributed by atoms with Crippen LogP contribution in [0.5, 0.6) is 0 Å². The predicted octanol–water partition coefficient (Wildman–Crippen LogP) is 0.552. The first-order valence-corrected chi connectivity index (χ1v) is 6.47. The van der Waals surface area contributed by atoms with Crippen LogP contribution >= 0.6 is 0 Å². The van der Waals surface area contributed by atoms with Gasteiger partial charge in [0.25, 0.3) is 0 Å². The normalized spacial score (nSPS) is 12.4. The summed E-state index contributed by atoms with van der Waals surface area (Å²) in [4.78, 5) is 22.6. The van der Waals surface area contributed by atoms with E-state index in [1.807, 2.05) is 13.8 Å². The maximum atomic E-state index is 11.6. The van der Waals surface area contributed by atoms with Crippen molar-refractivity contribution in [3.63, 3.8) is 0 Å². The number of aromatic nitrogens is 2. The molecule has 0 bridgehead atoms. The summed E-state index contributed by atoms with van der Waals surface area (Å²) in [6.45, 7) is 3.89. The maximum Gasteiger partial charge on any atom is 0.326 e. The minimum absolute atomic E-state index is 0.174. The highest BCUT2D eigenvalue weighted by Crippen LogP contribution is 2.05. The molecule has 0 radical (unpaired) electrons. The number of carboxylic acid groups (broad SMARTS) is 1. The summed E-state index contributed by atoms with van der Waals surface area (Å²) >= 11 is 0. The molecule has 0 aromatic carbocycles. The Morgan fingerprint density at radius 2 is 2.20 bits per heavy atom. The SMILES string of the molecule is CC(C)C[C@H](NC(=O)COCc1ccnn1C)C(=O)O. The average Bonchev–Trinajstić information content (AvgIpc) is 2.73. The molecule has 2 N–H and O–H groups in total. The number of amides is 1. The number of carbonyl (C=O) groups is 2. The van der Waals surface area contributed by atoms with Crippen molar-refractivity contribution in [1.29, 1.82) is 0 Å². The average molecular weight is 283 g/mol. The Kier molecular flexibility index (Phi) is 6.17. The number of ether oxygens (including phenoxy) is 1. The molecule has 1 amide bonds. The van der Waals surface area contributed by atoms with Crippen LogP contribution in [0.2, 0.25) is 0 Å². The lowest BCUT2D eigenvalue weighted by Crippen LogP contribution is -2.43. The first-order chi connectivity index (χ1) is 9.40. The van der Waals surface area contributed by atoms with E-state index in [0.717, 1.165) is 5.69 Å². The fourth-order valence-electron chi connectivity index (χ4n) is 1.72. The zero-order valence-electron chi connectivity index (χ0n) is 12.0. The Morgan fingerprint density at radius 1 is 1.50 bits per heavy atom. The highest BCUT2D eigenvalue weighted by molar-refractivity contribution is 5.84. The van der Waals surface area contributed by atoms with Gasteiger partial charge in [0.1, 0.15) is 12.6 Å². The molecule has 7 heteroatoms. The van der Waals surface area contributed by atoms with Gasteiger partial charge in [-0.1, -0.05) is 13.8 Å². The van der Waals surface area contributed by atoms with Crippen molar-refractivity contribution in [3.05, 3.63) is 18.0 Å². The summed E-state index contributed by atoms with van der Waals surface area (Å²) in [5, 5.41) is 15.4. The van der Waals surface area contributed by atoms with Gasteiger partial charge in [-0.2, -0.15) is 5.10 Å². The lowest BCUT2D eigenvalue weighted by Gasteiger charge is -2.16. The van der Waals surface area contributed by atoms with Crippen molar-refractivity contribution in [1.82, 2.24) is 15.1 Å². The third kappa shape index (κ3) is 5.40. The number of carbonyl (C=O) groups excluding carboxylic acids is 1. The second kappa shape index (κ2) is 7.64. The summed E-state index contributed by atoms with van der Waals surface area (Å²) in [5.74, 6) is -1.27. The fourth-order valence-corrected chi connectivity index (χ4v) is 1.72. The summed E-state index contributed by atoms with van der Waals surface area (Å²) in [6.07, 6.45) is 2.03. The highest BCUT2D eigenvalue weighted by atomic mass is 16.5. The van der Waals surface area contributed by atoms with Gasteiger partial charge in [-0.15, -0.1) is 0 Å². The number of carboxylic acids is 1. The molecule has 112 valence electrons. The third-order valence-corrected chi connectivity index (χ3v) is 2.75. The molecule has 1 heterocycles. The molecule has 0 spiro atoms. The Labute approximate surface area is 117 Å². The molecule has 0 saturated carbocycles. The summed E-state index contributed by atoms with van der Waals surface area (Å²) in [6, 6.07) is 0.916. The first-order valence-electron chi connectivity index (χ1n) is 6.47. The molecule has 1 aromatic heterocycles. The molecule has 1 atom stereocenters. The van der Waals surface area contributed by atoms with E-state index < -0.39 is 17.9 Å². The fraction of sp³-hybridized carbons (Fsp3) is 0.615. The van der Waals surface area contributed by atoms with E-state index in [-0.39, 0.29) is 19.1 Å². The number of nitrogens with one attached hydrogen (secondary N) is 1. The van der Waals surface area contributed by atoms with Gasteiger partial charge in [0, 0.05) is 13.2 Å². The molecule has 1 aromatic rings. The van der Waals surface area contributed by atoms with Crippen LogP contribution in [0.15, 0.2) is 12.3 Å². The van der Waals surface area contributed by atoms with E-state index >= 15 is 0 Å². The Hall–Kier alpha value is -1.89. The van der Waals surface area contributed by atoms with Crippen LogP contribution in [0.4, 0.5) is 0 Å². The topological polar surface area (TPSA) is 93.5 Å². The van der Waals surface area contributed by atoms with Crippen LogP contribution in [0.3, 0.4) is 0 Å². The van der Waals surface area contributed by atoms with Crippen LogP contribution in [-0.2, 0) is 28.0 Å². The van der Waals surface area contributed by atoms with Gasteiger partial charge < -0.3 is 15.2 Å². The summed E-state index contributed by atoms with van der Waals surface area (Å²) in [5.41, 5.74) is 0.842. The molecule has 1 rings (SSSR count). The number of hydrogen-bond acceptors (Lipinski definition) is 4. The lowest BCUT2D eigenvalue weighted by molar-refractivity contribution is -0.143. The zero-order chi connectivity index (χ0) is 15.1. The van der Waals surface area contributed by atoms with E-state index in [4.69, 9.17) is 9.84 Å². The number of aryl methyl sites for hydroxylation is 1. The Morgan fingerprint density at radius 3 is 2.70 bits per heavy atom. The van der Waals surface area contributed by atoms with Crippen LogP contribution < -0.4 is 5.32 Å². The standard InChI is InChI=1S/C13H21N3O4/c1-9(2)6-11(13(18)19)15-12(17)8-20-7-10-4-5-14-16(10)3/h4-5,9,11H,6-8H2,1-3H3,(H,15,17)(H,18,19)/t11-/m0/s1. The van der Waals surface area contributed by atoms with Crippen molar-refractivity contribution in [2.75, 3.05) is 6.61 Å². The molecule has 0 aliphatic heterocycles. The van der Waals surface area contributed by atoms with Crippen molar-refractivity contribution in [3.8, 4) is 0 Å². The van der Waals surface area contributed by atoms with Crippen molar-refractivity contribution in [2.24, 2.45) is 13.0 Å². The minimum Gasteiger partial charge on any atom is -0.480 e. The maximum absolute atomic E-state index is 11.6. The molecule has 0 saturated heterocycles. The van der Waals surface area contributed by atoms with Crippen molar-refractivity contribution in [2.45, 2.75) is 32.9 Å². The van der Waals surface area contributed by atoms with Gasteiger partial charge in [-0.05, 0) is 18.4 Å². The van der Waals surface area contributed by atoms with Crippen LogP contribution in [-0.4, -0.2) is 39.4 Å².